The van der Waals surface area contributed by atoms with E-state index in [-0.39, 0.29) is 6.61 Å². The molecule has 1 aliphatic heterocycles. The van der Waals surface area contributed by atoms with Crippen molar-refractivity contribution in [2.45, 2.75) is 40.3 Å². The van der Waals surface area contributed by atoms with Gasteiger partial charge in [0, 0.05) is 18.2 Å². The van der Waals surface area contributed by atoms with E-state index in [2.05, 4.69) is 5.10 Å². The molecule has 1 aromatic rings. The van der Waals surface area contributed by atoms with Gasteiger partial charge in [-0.2, -0.15) is 10.1 Å². The Morgan fingerprint density at radius 3 is 2.30 bits per heavy atom. The quantitative estimate of drug-likeness (QED) is 0.866. The molecule has 0 spiro atoms. The first-order valence-corrected chi connectivity index (χ1v) is 7.42. The summed E-state index contributed by atoms with van der Waals surface area (Å²) in [5.74, 6) is -0.967. The summed E-state index contributed by atoms with van der Waals surface area (Å²) in [5.41, 5.74) is -0.551. The highest BCUT2D eigenvalue weighted by atomic mass is 16.5. The lowest BCUT2D eigenvalue weighted by Gasteiger charge is -2.39. The maximum atomic E-state index is 12.8. The van der Waals surface area contributed by atoms with Gasteiger partial charge in [-0.3, -0.25) is 9.59 Å². The van der Waals surface area contributed by atoms with Gasteiger partial charge in [-0.15, -0.1) is 0 Å². The first-order valence-electron chi connectivity index (χ1n) is 7.42. The molecule has 0 saturated carbocycles. The Morgan fingerprint density at radius 1 is 1.22 bits per heavy atom. The van der Waals surface area contributed by atoms with Crippen LogP contribution in [0.5, 0.6) is 0 Å². The number of hydrazone groups is 1. The van der Waals surface area contributed by atoms with Gasteiger partial charge in [0.15, 0.2) is 0 Å². The molecule has 1 atom stereocenters. The summed E-state index contributed by atoms with van der Waals surface area (Å²) in [7, 11) is 0. The van der Waals surface area contributed by atoms with Crippen molar-refractivity contribution >= 4 is 17.6 Å². The number of benzene rings is 1. The minimum atomic E-state index is -1.73. The van der Waals surface area contributed by atoms with Gasteiger partial charge in [0.05, 0.1) is 5.41 Å². The van der Waals surface area contributed by atoms with Crippen molar-refractivity contribution in [2.24, 2.45) is 10.5 Å². The van der Waals surface area contributed by atoms with Crippen LogP contribution in [0.4, 0.5) is 0 Å². The van der Waals surface area contributed by atoms with Crippen LogP contribution in [-0.2, 0) is 9.53 Å². The monoisotopic (exact) mass is 318 g/mol. The standard InChI is InChI=1S/C17H22N2O4/c1-11-6-8-14(9-7-11)15(21)19-17(22,10-23-13(3)20)16(4,5)12(2)18-19/h6-9,22H,10H2,1-5H3. The maximum Gasteiger partial charge on any atom is 0.302 e. The van der Waals surface area contributed by atoms with E-state index in [9.17, 15) is 14.7 Å². The lowest BCUT2D eigenvalue weighted by Crippen LogP contribution is -2.58. The van der Waals surface area contributed by atoms with Gasteiger partial charge in [-0.25, -0.2) is 0 Å². The van der Waals surface area contributed by atoms with E-state index in [0.717, 1.165) is 10.6 Å². The molecule has 0 bridgehead atoms. The molecule has 0 aliphatic carbocycles. The summed E-state index contributed by atoms with van der Waals surface area (Å²) in [5, 5.41) is 16.4. The molecule has 0 aromatic heterocycles. The molecule has 6 nitrogen and oxygen atoms in total. The van der Waals surface area contributed by atoms with Crippen molar-refractivity contribution in [2.75, 3.05) is 6.61 Å². The molecule has 0 radical (unpaired) electrons. The van der Waals surface area contributed by atoms with Crippen molar-refractivity contribution in [3.63, 3.8) is 0 Å². The second-order valence-electron chi connectivity index (χ2n) is 6.39. The van der Waals surface area contributed by atoms with Crippen LogP contribution in [0.2, 0.25) is 0 Å². The minimum Gasteiger partial charge on any atom is -0.461 e. The third-order valence-electron chi connectivity index (χ3n) is 4.47. The molecule has 1 N–H and O–H groups in total. The number of carbonyl (C=O) groups excluding carboxylic acids is 2. The molecule has 1 amide bonds. The van der Waals surface area contributed by atoms with Crippen molar-refractivity contribution < 1.29 is 19.4 Å². The van der Waals surface area contributed by atoms with E-state index >= 15 is 0 Å². The summed E-state index contributed by atoms with van der Waals surface area (Å²) in [6.07, 6.45) is 0. The lowest BCUT2D eigenvalue weighted by atomic mass is 9.78. The number of hydrogen-bond donors (Lipinski definition) is 1. The van der Waals surface area contributed by atoms with Gasteiger partial charge < -0.3 is 9.84 Å². The number of esters is 1. The molecule has 2 rings (SSSR count). The van der Waals surface area contributed by atoms with Gasteiger partial charge in [-0.05, 0) is 39.8 Å². The fraction of sp³-hybridized carbons (Fsp3) is 0.471. The third kappa shape index (κ3) is 2.86. The molecule has 1 heterocycles. The number of rotatable bonds is 3. The van der Waals surface area contributed by atoms with Crippen molar-refractivity contribution in [1.29, 1.82) is 0 Å². The lowest BCUT2D eigenvalue weighted by molar-refractivity contribution is -0.178. The highest BCUT2D eigenvalue weighted by Gasteiger charge is 2.58. The molecule has 0 saturated heterocycles. The van der Waals surface area contributed by atoms with Crippen LogP contribution in [0, 0.1) is 12.3 Å². The number of ether oxygens (including phenoxy) is 1. The fourth-order valence-electron chi connectivity index (χ4n) is 2.39. The second-order valence-corrected chi connectivity index (χ2v) is 6.39. The molecule has 1 aliphatic rings. The van der Waals surface area contributed by atoms with E-state index in [1.807, 2.05) is 19.1 Å². The smallest absolute Gasteiger partial charge is 0.302 e. The molecule has 23 heavy (non-hydrogen) atoms. The number of amides is 1. The molecule has 0 fully saturated rings. The Bertz CT molecular complexity index is 664. The van der Waals surface area contributed by atoms with Crippen molar-refractivity contribution in [3.05, 3.63) is 35.4 Å². The Hall–Kier alpha value is -2.21. The van der Waals surface area contributed by atoms with Crippen LogP contribution in [0.1, 0.15) is 43.6 Å². The predicted molar refractivity (Wildman–Crippen MR) is 85.8 cm³/mol. The summed E-state index contributed by atoms with van der Waals surface area (Å²) in [6.45, 7) is 8.10. The highest BCUT2D eigenvalue weighted by Crippen LogP contribution is 2.42. The summed E-state index contributed by atoms with van der Waals surface area (Å²) < 4.78 is 4.99. The Balaban J connectivity index is 2.39. The molecule has 124 valence electrons. The van der Waals surface area contributed by atoms with Crippen LogP contribution in [0.25, 0.3) is 0 Å². The Morgan fingerprint density at radius 2 is 1.78 bits per heavy atom. The molecule has 1 unspecified atom stereocenters. The van der Waals surface area contributed by atoms with Gasteiger partial charge in [0.2, 0.25) is 5.72 Å². The van der Waals surface area contributed by atoms with Gasteiger partial charge in [-0.1, -0.05) is 17.7 Å². The number of carbonyl (C=O) groups is 2. The van der Waals surface area contributed by atoms with Gasteiger partial charge in [0.25, 0.3) is 5.91 Å². The zero-order valence-electron chi connectivity index (χ0n) is 14.1. The van der Waals surface area contributed by atoms with Crippen LogP contribution < -0.4 is 0 Å². The SMILES string of the molecule is CC(=O)OCC1(O)N(C(=O)c2ccc(C)cc2)N=C(C)C1(C)C. The van der Waals surface area contributed by atoms with Crippen molar-refractivity contribution in [1.82, 2.24) is 5.01 Å². The fourth-order valence-corrected chi connectivity index (χ4v) is 2.39. The number of nitrogens with zero attached hydrogens (tertiary/aromatic N) is 2. The Kier molecular flexibility index (Phi) is 4.30. The van der Waals surface area contributed by atoms with Crippen molar-refractivity contribution in [3.8, 4) is 0 Å². The minimum absolute atomic E-state index is 0.340. The summed E-state index contributed by atoms with van der Waals surface area (Å²) in [6, 6.07) is 6.99. The Labute approximate surface area is 135 Å². The molecule has 6 heteroatoms. The summed E-state index contributed by atoms with van der Waals surface area (Å²) >= 11 is 0. The van der Waals surface area contributed by atoms with Gasteiger partial charge >= 0.3 is 5.97 Å². The van der Waals surface area contributed by atoms with E-state index < -0.39 is 23.0 Å². The van der Waals surface area contributed by atoms with Crippen LogP contribution in [0.15, 0.2) is 29.4 Å². The van der Waals surface area contributed by atoms with E-state index in [1.165, 1.54) is 6.92 Å². The predicted octanol–water partition coefficient (Wildman–Crippen LogP) is 2.10. The number of aryl methyl sites for hydroxylation is 1. The molecule has 1 aromatic carbocycles. The van der Waals surface area contributed by atoms with Crippen LogP contribution in [-0.4, -0.2) is 40.0 Å². The normalized spacial score (nSPS) is 22.7. The van der Waals surface area contributed by atoms with Gasteiger partial charge in [0.1, 0.15) is 6.61 Å². The largest absolute Gasteiger partial charge is 0.461 e. The zero-order chi connectivity index (χ0) is 17.4. The molecular formula is C17H22N2O4. The average Bonchev–Trinajstić information content (AvgIpc) is 2.66. The maximum absolute atomic E-state index is 12.8. The zero-order valence-corrected chi connectivity index (χ0v) is 14.1. The summed E-state index contributed by atoms with van der Waals surface area (Å²) in [4.78, 5) is 23.9. The van der Waals surface area contributed by atoms with E-state index in [0.29, 0.717) is 11.3 Å². The second kappa shape index (κ2) is 5.77. The number of hydrogen-bond acceptors (Lipinski definition) is 5. The van der Waals surface area contributed by atoms with E-state index in [4.69, 9.17) is 4.74 Å². The topological polar surface area (TPSA) is 79.2 Å². The first kappa shape index (κ1) is 17.1. The average molecular weight is 318 g/mol. The van der Waals surface area contributed by atoms with Crippen LogP contribution >= 0.6 is 0 Å². The third-order valence-corrected chi connectivity index (χ3v) is 4.47. The first-order chi connectivity index (χ1) is 10.6. The van der Waals surface area contributed by atoms with Crippen LogP contribution in [0.3, 0.4) is 0 Å². The van der Waals surface area contributed by atoms with E-state index in [1.54, 1.807) is 32.9 Å². The number of aliphatic hydroxyl groups is 1. The highest BCUT2D eigenvalue weighted by molar-refractivity contribution is 5.99. The molecular weight excluding hydrogens is 296 g/mol.